The van der Waals surface area contributed by atoms with Gasteiger partial charge in [-0.15, -0.1) is 0 Å². The number of carbonyl (C=O) groups excluding carboxylic acids is 1. The second kappa shape index (κ2) is 10.8. The average Bonchev–Trinajstić information content (AvgIpc) is 2.81. The summed E-state index contributed by atoms with van der Waals surface area (Å²) in [4.78, 5) is 21.1. The number of aromatic nitrogens is 1. The minimum atomic E-state index is -0.409. The van der Waals surface area contributed by atoms with Gasteiger partial charge >= 0.3 is 0 Å². The van der Waals surface area contributed by atoms with Crippen LogP contribution in [0.1, 0.15) is 15.9 Å². The number of pyridine rings is 1. The Labute approximate surface area is 202 Å². The molecular weight excluding hydrogens is 462 g/mol. The highest BCUT2D eigenvalue weighted by Gasteiger charge is 2.20. The van der Waals surface area contributed by atoms with E-state index in [4.69, 9.17) is 23.2 Å². The SMILES string of the molecule is O=C(Nc1cc(F)ccc1N1CCN(CC=Cc2ccc(Cl)cc2)CC1)c1ccnc(Cl)c1. The van der Waals surface area contributed by atoms with Crippen LogP contribution in [-0.2, 0) is 0 Å². The Bertz CT molecular complexity index is 1150. The third-order valence-corrected chi connectivity index (χ3v) is 5.91. The second-order valence-electron chi connectivity index (χ2n) is 7.72. The van der Waals surface area contributed by atoms with E-state index in [1.54, 1.807) is 12.1 Å². The van der Waals surface area contributed by atoms with Gasteiger partial charge < -0.3 is 10.2 Å². The summed E-state index contributed by atoms with van der Waals surface area (Å²) in [6, 6.07) is 15.2. The molecule has 0 spiro atoms. The van der Waals surface area contributed by atoms with Crippen LogP contribution >= 0.6 is 23.2 Å². The molecule has 0 aliphatic carbocycles. The maximum atomic E-state index is 14.0. The van der Waals surface area contributed by atoms with E-state index >= 15 is 0 Å². The van der Waals surface area contributed by atoms with Gasteiger partial charge in [0.05, 0.1) is 11.4 Å². The zero-order valence-corrected chi connectivity index (χ0v) is 19.4. The van der Waals surface area contributed by atoms with Crippen LogP contribution in [0, 0.1) is 5.82 Å². The number of benzene rings is 2. The van der Waals surface area contributed by atoms with Gasteiger partial charge in [-0.1, -0.05) is 47.5 Å². The summed E-state index contributed by atoms with van der Waals surface area (Å²) in [5, 5.41) is 3.77. The van der Waals surface area contributed by atoms with Crippen molar-refractivity contribution in [2.24, 2.45) is 0 Å². The largest absolute Gasteiger partial charge is 0.367 e. The molecule has 0 radical (unpaired) electrons. The van der Waals surface area contributed by atoms with E-state index < -0.39 is 5.82 Å². The lowest BCUT2D eigenvalue weighted by atomic mass is 10.2. The van der Waals surface area contributed by atoms with Crippen molar-refractivity contribution in [3.05, 3.63) is 94.0 Å². The van der Waals surface area contributed by atoms with Crippen molar-refractivity contribution in [3.63, 3.8) is 0 Å². The fourth-order valence-electron chi connectivity index (χ4n) is 3.71. The van der Waals surface area contributed by atoms with Crippen molar-refractivity contribution in [2.45, 2.75) is 0 Å². The second-order valence-corrected chi connectivity index (χ2v) is 8.55. The summed E-state index contributed by atoms with van der Waals surface area (Å²) >= 11 is 11.8. The van der Waals surface area contributed by atoms with Crippen molar-refractivity contribution >= 4 is 46.6 Å². The first kappa shape index (κ1) is 23.2. The molecule has 1 aliphatic rings. The van der Waals surface area contributed by atoms with Crippen LogP contribution in [0.3, 0.4) is 0 Å². The lowest BCUT2D eigenvalue weighted by molar-refractivity contribution is 0.102. The van der Waals surface area contributed by atoms with Crippen LogP contribution in [0.5, 0.6) is 0 Å². The van der Waals surface area contributed by atoms with Crippen molar-refractivity contribution in [3.8, 4) is 0 Å². The first-order valence-corrected chi connectivity index (χ1v) is 11.4. The molecule has 1 N–H and O–H groups in total. The molecule has 1 amide bonds. The normalized spacial score (nSPS) is 14.6. The number of hydrogen-bond acceptors (Lipinski definition) is 4. The Kier molecular flexibility index (Phi) is 7.60. The monoisotopic (exact) mass is 484 g/mol. The number of carbonyl (C=O) groups is 1. The van der Waals surface area contributed by atoms with Crippen molar-refractivity contribution < 1.29 is 9.18 Å². The molecule has 0 atom stereocenters. The van der Waals surface area contributed by atoms with Gasteiger partial charge in [-0.3, -0.25) is 9.69 Å². The Hall–Kier alpha value is -2.93. The van der Waals surface area contributed by atoms with Gasteiger partial charge in [-0.05, 0) is 48.0 Å². The quantitative estimate of drug-likeness (QED) is 0.461. The minimum absolute atomic E-state index is 0.225. The Morgan fingerprint density at radius 1 is 1.03 bits per heavy atom. The molecule has 5 nitrogen and oxygen atoms in total. The molecule has 1 saturated heterocycles. The molecule has 1 aliphatic heterocycles. The summed E-state index contributed by atoms with van der Waals surface area (Å²) in [7, 11) is 0. The van der Waals surface area contributed by atoms with Crippen molar-refractivity contribution in [1.29, 1.82) is 0 Å². The number of amides is 1. The maximum absolute atomic E-state index is 14.0. The predicted molar refractivity (Wildman–Crippen MR) is 133 cm³/mol. The van der Waals surface area contributed by atoms with Gasteiger partial charge in [0.1, 0.15) is 11.0 Å². The van der Waals surface area contributed by atoms with Gasteiger partial charge in [-0.25, -0.2) is 9.37 Å². The summed E-state index contributed by atoms with van der Waals surface area (Å²) in [6.07, 6.45) is 5.69. The van der Waals surface area contributed by atoms with E-state index in [2.05, 4.69) is 32.3 Å². The number of nitrogens with zero attached hydrogens (tertiary/aromatic N) is 3. The van der Waals surface area contributed by atoms with Crippen LogP contribution in [0.4, 0.5) is 15.8 Å². The fourth-order valence-corrected chi connectivity index (χ4v) is 4.01. The van der Waals surface area contributed by atoms with Crippen LogP contribution in [0.25, 0.3) is 6.08 Å². The highest BCUT2D eigenvalue weighted by atomic mass is 35.5. The molecule has 0 bridgehead atoms. The Morgan fingerprint density at radius 3 is 2.52 bits per heavy atom. The first-order chi connectivity index (χ1) is 16.0. The van der Waals surface area contributed by atoms with Gasteiger partial charge in [-0.2, -0.15) is 0 Å². The fraction of sp³-hybridized carbons (Fsp3) is 0.200. The molecule has 0 unspecified atom stereocenters. The standard InChI is InChI=1S/C25H23Cl2FN4O/c26-20-5-3-18(4-6-20)2-1-11-31-12-14-32(15-13-31)23-8-7-21(28)17-22(23)30-25(33)19-9-10-29-24(27)16-19/h1-10,16-17H,11-15H2,(H,30,33). The lowest BCUT2D eigenvalue weighted by Gasteiger charge is -2.36. The summed E-state index contributed by atoms with van der Waals surface area (Å²) < 4.78 is 14.0. The van der Waals surface area contributed by atoms with Gasteiger partial charge in [0, 0.05) is 49.5 Å². The number of anilines is 2. The van der Waals surface area contributed by atoms with Gasteiger partial charge in [0.2, 0.25) is 0 Å². The Balaban J connectivity index is 1.38. The van der Waals surface area contributed by atoms with E-state index in [0.29, 0.717) is 11.3 Å². The van der Waals surface area contributed by atoms with E-state index in [1.807, 2.05) is 24.3 Å². The summed E-state index contributed by atoms with van der Waals surface area (Å²) in [6.45, 7) is 4.09. The third-order valence-electron chi connectivity index (χ3n) is 5.45. The maximum Gasteiger partial charge on any atom is 0.255 e. The topological polar surface area (TPSA) is 48.5 Å². The number of halogens is 3. The molecule has 0 saturated carbocycles. The number of rotatable bonds is 6. The highest BCUT2D eigenvalue weighted by Crippen LogP contribution is 2.28. The zero-order chi connectivity index (χ0) is 23.2. The average molecular weight is 485 g/mol. The summed E-state index contributed by atoms with van der Waals surface area (Å²) in [5.74, 6) is -0.773. The molecule has 3 aromatic rings. The van der Waals surface area contributed by atoms with Gasteiger partial charge in [0.25, 0.3) is 5.91 Å². The number of piperazine rings is 1. The van der Waals surface area contributed by atoms with Crippen molar-refractivity contribution in [2.75, 3.05) is 42.9 Å². The number of nitrogens with one attached hydrogen (secondary N) is 1. The molecule has 4 rings (SSSR count). The van der Waals surface area contributed by atoms with E-state index in [-0.39, 0.29) is 11.1 Å². The van der Waals surface area contributed by atoms with Crippen LogP contribution < -0.4 is 10.2 Å². The third kappa shape index (κ3) is 6.32. The van der Waals surface area contributed by atoms with Crippen LogP contribution in [0.15, 0.2) is 66.9 Å². The van der Waals surface area contributed by atoms with E-state index in [1.165, 1.54) is 24.4 Å². The predicted octanol–water partition coefficient (Wildman–Crippen LogP) is 5.62. The molecule has 2 aromatic carbocycles. The van der Waals surface area contributed by atoms with E-state index in [0.717, 1.165) is 49.0 Å². The highest BCUT2D eigenvalue weighted by molar-refractivity contribution is 6.30. The molecule has 1 aromatic heterocycles. The molecule has 33 heavy (non-hydrogen) atoms. The van der Waals surface area contributed by atoms with Gasteiger partial charge in [0.15, 0.2) is 0 Å². The first-order valence-electron chi connectivity index (χ1n) is 10.6. The molecule has 1 fully saturated rings. The van der Waals surface area contributed by atoms with E-state index in [9.17, 15) is 9.18 Å². The zero-order valence-electron chi connectivity index (χ0n) is 17.8. The van der Waals surface area contributed by atoms with Crippen molar-refractivity contribution in [1.82, 2.24) is 9.88 Å². The number of hydrogen-bond donors (Lipinski definition) is 1. The minimum Gasteiger partial charge on any atom is -0.367 e. The lowest BCUT2D eigenvalue weighted by Crippen LogP contribution is -2.46. The van der Waals surface area contributed by atoms with Crippen LogP contribution in [-0.4, -0.2) is 48.5 Å². The molecular formula is C25H23Cl2FN4O. The summed E-state index contributed by atoms with van der Waals surface area (Å²) in [5.41, 5.74) is 2.70. The van der Waals surface area contributed by atoms with Crippen LogP contribution in [0.2, 0.25) is 10.2 Å². The molecule has 2 heterocycles. The molecule has 8 heteroatoms. The Morgan fingerprint density at radius 2 is 1.79 bits per heavy atom. The molecule has 170 valence electrons. The smallest absolute Gasteiger partial charge is 0.255 e.